The predicted molar refractivity (Wildman–Crippen MR) is 129 cm³/mol. The van der Waals surface area contributed by atoms with Gasteiger partial charge in [0.15, 0.2) is 0 Å². The highest BCUT2D eigenvalue weighted by Crippen LogP contribution is 2.31. The molecule has 4 atom stereocenters. The average molecular weight is 476 g/mol. The number of thioether (sulfide) groups is 2. The largest absolute Gasteiger partial charge is 0.350 e. The lowest BCUT2D eigenvalue weighted by molar-refractivity contribution is -0.134. The highest BCUT2D eigenvalue weighted by molar-refractivity contribution is 8.01. The Kier molecular flexibility index (Phi) is 7.75. The van der Waals surface area contributed by atoms with Crippen LogP contribution in [0.1, 0.15) is 30.4 Å². The molecule has 4 N–H and O–H groups in total. The molecular formula is C22H29N5O3S2. The molecule has 1 unspecified atom stereocenters. The van der Waals surface area contributed by atoms with Crippen molar-refractivity contribution in [2.75, 3.05) is 17.5 Å². The minimum Gasteiger partial charge on any atom is -0.350 e. The van der Waals surface area contributed by atoms with Crippen molar-refractivity contribution in [2.45, 2.75) is 49.4 Å². The van der Waals surface area contributed by atoms with Gasteiger partial charge in [-0.15, -0.1) is 23.5 Å². The van der Waals surface area contributed by atoms with Gasteiger partial charge in [0.25, 0.3) is 0 Å². The summed E-state index contributed by atoms with van der Waals surface area (Å²) in [6.07, 6.45) is 6.15. The third-order valence-electron chi connectivity index (χ3n) is 6.32. The Morgan fingerprint density at radius 1 is 1.28 bits per heavy atom. The molecule has 32 heavy (non-hydrogen) atoms. The van der Waals surface area contributed by atoms with Gasteiger partial charge < -0.3 is 10.6 Å². The Balaban J connectivity index is 1.31. The zero-order valence-electron chi connectivity index (χ0n) is 17.9. The number of fused-ring (bicyclic) bond motifs is 1. The van der Waals surface area contributed by atoms with E-state index in [-0.39, 0.29) is 23.0 Å². The molecule has 2 aliphatic heterocycles. The van der Waals surface area contributed by atoms with Crippen LogP contribution in [0, 0.1) is 5.92 Å². The van der Waals surface area contributed by atoms with Crippen LogP contribution < -0.4 is 16.5 Å². The second-order valence-electron chi connectivity index (χ2n) is 8.43. The van der Waals surface area contributed by atoms with Gasteiger partial charge in [-0.05, 0) is 42.7 Å². The molecule has 1 aromatic carbocycles. The van der Waals surface area contributed by atoms with Crippen molar-refractivity contribution in [1.29, 1.82) is 0 Å². The number of amides is 3. The van der Waals surface area contributed by atoms with E-state index < -0.39 is 12.1 Å². The zero-order valence-corrected chi connectivity index (χ0v) is 19.5. The number of primary amides is 1. The van der Waals surface area contributed by atoms with Crippen molar-refractivity contribution >= 4 is 47.5 Å². The second-order valence-corrected chi connectivity index (χ2v) is 10.6. The van der Waals surface area contributed by atoms with Gasteiger partial charge in [0.1, 0.15) is 11.8 Å². The molecular weight excluding hydrogens is 446 g/mol. The van der Waals surface area contributed by atoms with Gasteiger partial charge in [-0.2, -0.15) is 5.10 Å². The Morgan fingerprint density at radius 2 is 2.09 bits per heavy atom. The van der Waals surface area contributed by atoms with Crippen LogP contribution in [0.15, 0.2) is 29.4 Å². The van der Waals surface area contributed by atoms with Gasteiger partial charge in [0.2, 0.25) is 5.91 Å². The third kappa shape index (κ3) is 5.47. The number of aryl methyl sites for hydroxylation is 1. The summed E-state index contributed by atoms with van der Waals surface area (Å²) in [6, 6.07) is 7.08. The number of carbonyl (C=O) groups is 3. The number of benzene rings is 1. The van der Waals surface area contributed by atoms with Gasteiger partial charge in [-0.3, -0.25) is 14.9 Å². The van der Waals surface area contributed by atoms with Gasteiger partial charge >= 0.3 is 6.03 Å². The average Bonchev–Trinajstić information content (AvgIpc) is 3.46. The molecule has 2 saturated heterocycles. The zero-order chi connectivity index (χ0) is 22.5. The van der Waals surface area contributed by atoms with Crippen LogP contribution in [-0.2, 0) is 22.4 Å². The van der Waals surface area contributed by atoms with Crippen LogP contribution in [-0.4, -0.2) is 63.7 Å². The van der Waals surface area contributed by atoms with E-state index in [4.69, 9.17) is 5.73 Å². The molecule has 0 radical (unpaired) electrons. The lowest BCUT2D eigenvalue weighted by Gasteiger charge is -2.27. The number of ketones is 1. The smallest absolute Gasteiger partial charge is 0.332 e. The van der Waals surface area contributed by atoms with E-state index in [1.165, 1.54) is 29.1 Å². The maximum absolute atomic E-state index is 13.2. The van der Waals surface area contributed by atoms with E-state index in [0.29, 0.717) is 29.8 Å². The number of rotatable bonds is 7. The van der Waals surface area contributed by atoms with E-state index in [2.05, 4.69) is 40.1 Å². The summed E-state index contributed by atoms with van der Waals surface area (Å²) in [6.45, 7) is 0. The van der Waals surface area contributed by atoms with Crippen molar-refractivity contribution in [3.63, 3.8) is 0 Å². The molecule has 2 fully saturated rings. The molecule has 3 aliphatic rings. The first-order valence-corrected chi connectivity index (χ1v) is 13.1. The molecule has 10 heteroatoms. The SMILES string of the molecule is NC(=O)NN=C[C@@H]1CSCN1C(=O)[C@H]1NCSC1C(=O)CC[C@@H]1CCc2ccccc2C1. The molecule has 1 aromatic rings. The molecule has 2 heterocycles. The van der Waals surface area contributed by atoms with Crippen LogP contribution in [0.5, 0.6) is 0 Å². The first kappa shape index (κ1) is 23.1. The van der Waals surface area contributed by atoms with Crippen LogP contribution in [0.2, 0.25) is 0 Å². The lowest BCUT2D eigenvalue weighted by Crippen LogP contribution is -2.52. The highest BCUT2D eigenvalue weighted by atomic mass is 32.2. The van der Waals surface area contributed by atoms with Gasteiger partial charge in [-0.25, -0.2) is 10.2 Å². The quantitative estimate of drug-likeness (QED) is 0.408. The van der Waals surface area contributed by atoms with Gasteiger partial charge in [-0.1, -0.05) is 24.3 Å². The van der Waals surface area contributed by atoms with Crippen molar-refractivity contribution in [3.05, 3.63) is 35.4 Å². The lowest BCUT2D eigenvalue weighted by atomic mass is 9.81. The Morgan fingerprint density at radius 3 is 2.91 bits per heavy atom. The second kappa shape index (κ2) is 10.7. The molecule has 0 saturated carbocycles. The number of urea groups is 1. The molecule has 1 aliphatic carbocycles. The standard InChI is InChI=1S/C22H29N5O3S2/c23-22(30)26-25-10-17-11-31-13-27(17)21(29)19-20(32-12-24-19)18(28)8-6-14-5-7-15-3-1-2-4-16(15)9-14/h1-4,10,14,17,19-20,24H,5-9,11-13H2,(H3,23,26,30)/t14-,17+,19-,20?/m0/s1. The minimum atomic E-state index is -0.745. The number of hydrogen-bond acceptors (Lipinski definition) is 7. The van der Waals surface area contributed by atoms with E-state index in [1.54, 1.807) is 16.7 Å². The molecule has 3 amide bonds. The first-order valence-electron chi connectivity index (χ1n) is 10.9. The topological polar surface area (TPSA) is 117 Å². The highest BCUT2D eigenvalue weighted by Gasteiger charge is 2.42. The summed E-state index contributed by atoms with van der Waals surface area (Å²) in [7, 11) is 0. The monoisotopic (exact) mass is 475 g/mol. The van der Waals surface area contributed by atoms with Crippen LogP contribution >= 0.6 is 23.5 Å². The maximum atomic E-state index is 13.2. The Bertz CT molecular complexity index is 896. The summed E-state index contributed by atoms with van der Waals surface area (Å²) >= 11 is 3.14. The molecule has 0 aromatic heterocycles. The van der Waals surface area contributed by atoms with Crippen LogP contribution in [0.25, 0.3) is 0 Å². The van der Waals surface area contributed by atoms with E-state index in [1.807, 2.05) is 0 Å². The van der Waals surface area contributed by atoms with E-state index >= 15 is 0 Å². The number of carbonyl (C=O) groups excluding carboxylic acids is 3. The fraction of sp³-hybridized carbons (Fsp3) is 0.545. The Labute approximate surface area is 196 Å². The van der Waals surface area contributed by atoms with Crippen LogP contribution in [0.3, 0.4) is 0 Å². The molecule has 172 valence electrons. The van der Waals surface area contributed by atoms with Gasteiger partial charge in [0, 0.05) is 24.3 Å². The fourth-order valence-electron chi connectivity index (χ4n) is 4.61. The number of nitrogens with two attached hydrogens (primary N) is 1. The third-order valence-corrected chi connectivity index (χ3v) is 8.59. The Hall–Kier alpha value is -2.04. The molecule has 4 rings (SSSR count). The molecule has 0 spiro atoms. The number of Topliss-reactive ketones (excluding diaryl/α,β-unsaturated/α-hetero) is 1. The predicted octanol–water partition coefficient (Wildman–Crippen LogP) is 1.73. The van der Waals surface area contributed by atoms with Crippen molar-refractivity contribution < 1.29 is 14.4 Å². The number of nitrogens with zero attached hydrogens (tertiary/aromatic N) is 2. The van der Waals surface area contributed by atoms with Crippen molar-refractivity contribution in [3.8, 4) is 0 Å². The van der Waals surface area contributed by atoms with E-state index in [9.17, 15) is 14.4 Å². The normalized spacial score (nSPS) is 27.4. The maximum Gasteiger partial charge on any atom is 0.332 e. The number of nitrogens with one attached hydrogen (secondary N) is 2. The van der Waals surface area contributed by atoms with E-state index in [0.717, 1.165) is 25.7 Å². The minimum absolute atomic E-state index is 0.0829. The molecule has 0 bridgehead atoms. The number of hydrazone groups is 1. The number of hydrogen-bond donors (Lipinski definition) is 3. The van der Waals surface area contributed by atoms with Crippen LogP contribution in [0.4, 0.5) is 4.79 Å². The summed E-state index contributed by atoms with van der Waals surface area (Å²) in [5, 5.41) is 6.68. The van der Waals surface area contributed by atoms with Crippen molar-refractivity contribution in [1.82, 2.24) is 15.6 Å². The molecule has 8 nitrogen and oxygen atoms in total. The summed E-state index contributed by atoms with van der Waals surface area (Å²) in [5.74, 6) is 2.42. The summed E-state index contributed by atoms with van der Waals surface area (Å²) in [4.78, 5) is 38.8. The van der Waals surface area contributed by atoms with Gasteiger partial charge in [0.05, 0.1) is 17.2 Å². The van der Waals surface area contributed by atoms with Crippen molar-refractivity contribution in [2.24, 2.45) is 16.8 Å². The summed E-state index contributed by atoms with van der Waals surface area (Å²) < 4.78 is 0. The first-order chi connectivity index (χ1) is 15.5. The summed E-state index contributed by atoms with van der Waals surface area (Å²) in [5.41, 5.74) is 10.0. The fourth-order valence-corrected chi connectivity index (χ4v) is 6.90.